The molecule has 0 spiro atoms. The van der Waals surface area contributed by atoms with Crippen molar-refractivity contribution >= 4 is 11.9 Å². The summed E-state index contributed by atoms with van der Waals surface area (Å²) < 4.78 is 4.85. The van der Waals surface area contributed by atoms with Gasteiger partial charge in [-0.2, -0.15) is 0 Å². The van der Waals surface area contributed by atoms with Crippen molar-refractivity contribution in [3.63, 3.8) is 0 Å². The van der Waals surface area contributed by atoms with Crippen LogP contribution >= 0.6 is 0 Å². The predicted octanol–water partition coefficient (Wildman–Crippen LogP) is 1.17. The van der Waals surface area contributed by atoms with E-state index in [1.54, 1.807) is 7.11 Å². The lowest BCUT2D eigenvalue weighted by molar-refractivity contribution is -0.148. The third-order valence-electron chi connectivity index (χ3n) is 3.39. The topological polar surface area (TPSA) is 75.6 Å². The number of methoxy groups -OCH3 is 1. The summed E-state index contributed by atoms with van der Waals surface area (Å²) in [7, 11) is 1.59. The Balaban J connectivity index is 2.32. The molecule has 1 amide bonds. The normalized spacial score (nSPS) is 17.9. The van der Waals surface area contributed by atoms with Crippen LogP contribution in [0.2, 0.25) is 0 Å². The number of carboxylic acid groups (broad SMARTS) is 1. The number of aliphatic carboxylic acids is 1. The fourth-order valence-corrected chi connectivity index (χ4v) is 2.25. The number of nitrogens with one attached hydrogen (secondary N) is 1. The maximum atomic E-state index is 11.5. The van der Waals surface area contributed by atoms with E-state index >= 15 is 0 Å². The van der Waals surface area contributed by atoms with E-state index in [0.717, 1.165) is 12.8 Å². The second-order valence-electron chi connectivity index (χ2n) is 4.67. The molecule has 17 heavy (non-hydrogen) atoms. The average Bonchev–Trinajstić information content (AvgIpc) is 2.77. The molecule has 0 heterocycles. The SMILES string of the molecule is COCCCC(=O)NCC1(C(=O)O)CCCC1. The number of hydrogen-bond acceptors (Lipinski definition) is 3. The van der Waals surface area contributed by atoms with Gasteiger partial charge in [-0.1, -0.05) is 12.8 Å². The van der Waals surface area contributed by atoms with Crippen LogP contribution in [0.4, 0.5) is 0 Å². The maximum Gasteiger partial charge on any atom is 0.311 e. The highest BCUT2D eigenvalue weighted by Crippen LogP contribution is 2.37. The third-order valence-corrected chi connectivity index (χ3v) is 3.39. The fourth-order valence-electron chi connectivity index (χ4n) is 2.25. The Hall–Kier alpha value is -1.10. The summed E-state index contributed by atoms with van der Waals surface area (Å²) in [6.07, 6.45) is 4.27. The molecule has 1 saturated carbocycles. The van der Waals surface area contributed by atoms with Crippen LogP contribution < -0.4 is 5.32 Å². The standard InChI is InChI=1S/C12H21NO4/c1-17-8-4-5-10(14)13-9-12(11(15)16)6-2-3-7-12/h2-9H2,1H3,(H,13,14)(H,15,16). The quantitative estimate of drug-likeness (QED) is 0.658. The van der Waals surface area contributed by atoms with Gasteiger partial charge in [0.15, 0.2) is 0 Å². The summed E-state index contributed by atoms with van der Waals surface area (Å²) in [4.78, 5) is 22.7. The lowest BCUT2D eigenvalue weighted by Gasteiger charge is -2.23. The van der Waals surface area contributed by atoms with Crippen LogP contribution in [-0.2, 0) is 14.3 Å². The first-order chi connectivity index (χ1) is 8.10. The first-order valence-electron chi connectivity index (χ1n) is 6.10. The summed E-state index contributed by atoms with van der Waals surface area (Å²) in [5, 5.41) is 11.9. The zero-order valence-corrected chi connectivity index (χ0v) is 10.3. The molecule has 1 fully saturated rings. The van der Waals surface area contributed by atoms with Crippen LogP contribution in [0.1, 0.15) is 38.5 Å². The highest BCUT2D eigenvalue weighted by molar-refractivity contribution is 5.79. The molecule has 0 aromatic rings. The number of ether oxygens (including phenoxy) is 1. The van der Waals surface area contributed by atoms with Crippen LogP contribution in [0.15, 0.2) is 0 Å². The number of rotatable bonds is 7. The molecule has 5 nitrogen and oxygen atoms in total. The second kappa shape index (κ2) is 6.59. The number of carboxylic acids is 1. The number of carbonyl (C=O) groups excluding carboxylic acids is 1. The molecule has 1 aliphatic rings. The van der Waals surface area contributed by atoms with Gasteiger partial charge in [0.2, 0.25) is 5.91 Å². The maximum absolute atomic E-state index is 11.5. The highest BCUT2D eigenvalue weighted by atomic mass is 16.5. The van der Waals surface area contributed by atoms with E-state index in [4.69, 9.17) is 4.74 Å². The monoisotopic (exact) mass is 243 g/mol. The third kappa shape index (κ3) is 4.00. The Kier molecular flexibility index (Phi) is 5.41. The molecule has 1 aliphatic carbocycles. The number of amides is 1. The molecule has 0 bridgehead atoms. The highest BCUT2D eigenvalue weighted by Gasteiger charge is 2.41. The van der Waals surface area contributed by atoms with Crippen molar-refractivity contribution in [2.24, 2.45) is 5.41 Å². The fraction of sp³-hybridized carbons (Fsp3) is 0.833. The summed E-state index contributed by atoms with van der Waals surface area (Å²) in [5.41, 5.74) is -0.725. The Morgan fingerprint density at radius 3 is 2.53 bits per heavy atom. The van der Waals surface area contributed by atoms with Crippen molar-refractivity contribution in [1.82, 2.24) is 5.32 Å². The lowest BCUT2D eigenvalue weighted by atomic mass is 9.86. The van der Waals surface area contributed by atoms with Gasteiger partial charge in [-0.25, -0.2) is 0 Å². The van der Waals surface area contributed by atoms with Crippen molar-refractivity contribution in [2.45, 2.75) is 38.5 Å². The molecule has 0 radical (unpaired) electrons. The molecule has 0 aliphatic heterocycles. The largest absolute Gasteiger partial charge is 0.481 e. The van der Waals surface area contributed by atoms with Gasteiger partial charge in [0.25, 0.3) is 0 Å². The van der Waals surface area contributed by atoms with E-state index in [1.165, 1.54) is 0 Å². The first kappa shape index (κ1) is 14.0. The van der Waals surface area contributed by atoms with Gasteiger partial charge in [0.1, 0.15) is 0 Å². The van der Waals surface area contributed by atoms with E-state index in [2.05, 4.69) is 5.32 Å². The molecule has 2 N–H and O–H groups in total. The number of hydrogen-bond donors (Lipinski definition) is 2. The molecule has 0 aromatic heterocycles. The predicted molar refractivity (Wildman–Crippen MR) is 62.7 cm³/mol. The Morgan fingerprint density at radius 1 is 1.35 bits per heavy atom. The minimum atomic E-state index is -0.785. The first-order valence-corrected chi connectivity index (χ1v) is 6.10. The minimum absolute atomic E-state index is 0.0884. The van der Waals surface area contributed by atoms with Gasteiger partial charge in [-0.3, -0.25) is 9.59 Å². The summed E-state index contributed by atoms with van der Waals surface area (Å²) >= 11 is 0. The van der Waals surface area contributed by atoms with Crippen molar-refractivity contribution in [3.05, 3.63) is 0 Å². The lowest BCUT2D eigenvalue weighted by Crippen LogP contribution is -2.41. The van der Waals surface area contributed by atoms with Crippen molar-refractivity contribution in [1.29, 1.82) is 0 Å². The van der Waals surface area contributed by atoms with Gasteiger partial charge < -0.3 is 15.2 Å². The molecule has 1 rings (SSSR count). The molecule has 0 atom stereocenters. The molecule has 0 saturated heterocycles. The van der Waals surface area contributed by atoms with Gasteiger partial charge in [0, 0.05) is 26.7 Å². The van der Waals surface area contributed by atoms with Crippen LogP contribution in [0.3, 0.4) is 0 Å². The van der Waals surface area contributed by atoms with Crippen LogP contribution in [0.25, 0.3) is 0 Å². The van der Waals surface area contributed by atoms with Crippen LogP contribution in [-0.4, -0.2) is 37.2 Å². The Bertz CT molecular complexity index is 272. The van der Waals surface area contributed by atoms with Gasteiger partial charge in [-0.05, 0) is 19.3 Å². The van der Waals surface area contributed by atoms with Gasteiger partial charge in [0.05, 0.1) is 5.41 Å². The molecule has 5 heteroatoms. The Labute approximate surface area is 102 Å². The molecule has 98 valence electrons. The van der Waals surface area contributed by atoms with Crippen LogP contribution in [0, 0.1) is 5.41 Å². The molecule has 0 unspecified atom stereocenters. The van der Waals surface area contributed by atoms with E-state index in [-0.39, 0.29) is 12.5 Å². The summed E-state index contributed by atoms with van der Waals surface area (Å²) in [6.45, 7) is 0.811. The van der Waals surface area contributed by atoms with Gasteiger partial charge >= 0.3 is 5.97 Å². The van der Waals surface area contributed by atoms with Crippen LogP contribution in [0.5, 0.6) is 0 Å². The minimum Gasteiger partial charge on any atom is -0.481 e. The second-order valence-corrected chi connectivity index (χ2v) is 4.67. The van der Waals surface area contributed by atoms with E-state index in [0.29, 0.717) is 32.3 Å². The summed E-state index contributed by atoms with van der Waals surface area (Å²) in [6, 6.07) is 0. The van der Waals surface area contributed by atoms with E-state index < -0.39 is 11.4 Å². The average molecular weight is 243 g/mol. The van der Waals surface area contributed by atoms with E-state index in [1.807, 2.05) is 0 Å². The Morgan fingerprint density at radius 2 is 2.00 bits per heavy atom. The molecular formula is C12H21NO4. The zero-order valence-electron chi connectivity index (χ0n) is 10.3. The zero-order chi connectivity index (χ0) is 12.7. The number of carbonyl (C=O) groups is 2. The molecule has 0 aromatic carbocycles. The van der Waals surface area contributed by atoms with Crippen molar-refractivity contribution < 1.29 is 19.4 Å². The van der Waals surface area contributed by atoms with Crippen molar-refractivity contribution in [3.8, 4) is 0 Å². The van der Waals surface area contributed by atoms with E-state index in [9.17, 15) is 14.7 Å². The smallest absolute Gasteiger partial charge is 0.311 e. The summed E-state index contributed by atoms with van der Waals surface area (Å²) in [5.74, 6) is -0.873. The van der Waals surface area contributed by atoms with Crippen molar-refractivity contribution in [2.75, 3.05) is 20.3 Å². The van der Waals surface area contributed by atoms with Gasteiger partial charge in [-0.15, -0.1) is 0 Å². The molecular weight excluding hydrogens is 222 g/mol.